The minimum Gasteiger partial charge on any atom is -0.481 e. The highest BCUT2D eigenvalue weighted by Gasteiger charge is 2.32. The fourth-order valence-electron chi connectivity index (χ4n) is 1.91. The fraction of sp³-hybridized carbons (Fsp3) is 0.333. The number of hydrogen-bond donors (Lipinski definition) is 1. The summed E-state index contributed by atoms with van der Waals surface area (Å²) in [6.07, 6.45) is 0. The van der Waals surface area contributed by atoms with Crippen LogP contribution in [0.2, 0.25) is 0 Å². The molecule has 0 spiro atoms. The van der Waals surface area contributed by atoms with Crippen LogP contribution < -0.4 is 0 Å². The van der Waals surface area contributed by atoms with E-state index < -0.39 is 11.4 Å². The first-order valence-electron chi connectivity index (χ1n) is 6.20. The van der Waals surface area contributed by atoms with E-state index in [1.165, 1.54) is 0 Å². The Morgan fingerprint density at radius 3 is 2.53 bits per heavy atom. The summed E-state index contributed by atoms with van der Waals surface area (Å²) in [6, 6.07) is 9.80. The van der Waals surface area contributed by atoms with E-state index >= 15 is 0 Å². The number of hydrogen-bond acceptors (Lipinski definition) is 2. The lowest BCUT2D eigenvalue weighted by Gasteiger charge is -2.15. The van der Waals surface area contributed by atoms with Crippen molar-refractivity contribution < 1.29 is 9.90 Å². The molecular formula is C15H18N2O2. The molecule has 0 saturated carbocycles. The Morgan fingerprint density at radius 2 is 1.95 bits per heavy atom. The summed E-state index contributed by atoms with van der Waals surface area (Å²) in [7, 11) is 0. The van der Waals surface area contributed by atoms with Crippen molar-refractivity contribution in [1.82, 2.24) is 9.78 Å². The third-order valence-electron chi connectivity index (χ3n) is 3.31. The number of aliphatic carboxylic acids is 1. The number of aryl methyl sites for hydroxylation is 2. The van der Waals surface area contributed by atoms with Crippen molar-refractivity contribution in [2.75, 3.05) is 0 Å². The topological polar surface area (TPSA) is 55.1 Å². The van der Waals surface area contributed by atoms with E-state index in [1.807, 2.05) is 44.2 Å². The molecule has 2 aromatic rings. The Morgan fingerprint density at radius 1 is 1.26 bits per heavy atom. The van der Waals surface area contributed by atoms with Gasteiger partial charge in [0.05, 0.1) is 11.4 Å². The summed E-state index contributed by atoms with van der Waals surface area (Å²) in [6.45, 7) is 7.27. The summed E-state index contributed by atoms with van der Waals surface area (Å²) in [5.74, 6) is -0.874. The van der Waals surface area contributed by atoms with Crippen molar-refractivity contribution in [3.05, 3.63) is 47.3 Å². The van der Waals surface area contributed by atoms with Crippen LogP contribution in [0.3, 0.4) is 0 Å². The van der Waals surface area contributed by atoms with Crippen molar-refractivity contribution in [1.29, 1.82) is 0 Å². The minimum atomic E-state index is -0.986. The molecule has 0 aliphatic carbocycles. The van der Waals surface area contributed by atoms with Crippen LogP contribution in [0.1, 0.15) is 30.8 Å². The van der Waals surface area contributed by atoms with Gasteiger partial charge in [-0.25, -0.2) is 4.68 Å². The van der Waals surface area contributed by atoms with Crippen LogP contribution in [-0.4, -0.2) is 20.9 Å². The summed E-state index contributed by atoms with van der Waals surface area (Å²) >= 11 is 0. The quantitative estimate of drug-likeness (QED) is 0.921. The minimum absolute atomic E-state index is 0.569. The molecule has 0 aliphatic rings. The molecule has 0 fully saturated rings. The molecule has 0 atom stereocenters. The van der Waals surface area contributed by atoms with Gasteiger partial charge in [0.1, 0.15) is 5.41 Å². The largest absolute Gasteiger partial charge is 0.481 e. The monoisotopic (exact) mass is 258 g/mol. The first-order valence-corrected chi connectivity index (χ1v) is 6.20. The van der Waals surface area contributed by atoms with Gasteiger partial charge in [-0.3, -0.25) is 4.79 Å². The van der Waals surface area contributed by atoms with Gasteiger partial charge in [-0.1, -0.05) is 12.1 Å². The second kappa shape index (κ2) is 4.53. The SMILES string of the molecule is Cc1cccc(-n2nc(C(C)(C)C(=O)O)cc2C)c1. The molecule has 1 aromatic carbocycles. The van der Waals surface area contributed by atoms with Crippen LogP contribution >= 0.6 is 0 Å². The number of carboxylic acids is 1. The number of benzene rings is 1. The lowest BCUT2D eigenvalue weighted by atomic mass is 9.89. The van der Waals surface area contributed by atoms with Crippen LogP contribution in [0.25, 0.3) is 5.69 Å². The second-order valence-corrected chi connectivity index (χ2v) is 5.35. The maximum Gasteiger partial charge on any atom is 0.315 e. The summed E-state index contributed by atoms with van der Waals surface area (Å²) in [5.41, 5.74) is 2.60. The second-order valence-electron chi connectivity index (χ2n) is 5.35. The Balaban J connectivity index is 2.51. The maximum atomic E-state index is 11.3. The number of carboxylic acid groups (broad SMARTS) is 1. The summed E-state index contributed by atoms with van der Waals surface area (Å²) in [4.78, 5) is 11.3. The van der Waals surface area contributed by atoms with E-state index in [1.54, 1.807) is 18.5 Å². The molecule has 0 amide bonds. The van der Waals surface area contributed by atoms with Gasteiger partial charge in [0.2, 0.25) is 0 Å². The van der Waals surface area contributed by atoms with Gasteiger partial charge >= 0.3 is 5.97 Å². The molecular weight excluding hydrogens is 240 g/mol. The standard InChI is InChI=1S/C15H18N2O2/c1-10-6-5-7-12(8-10)17-11(2)9-13(16-17)15(3,4)14(18)19/h5-9H,1-4H3,(H,18,19). The average Bonchev–Trinajstić information content (AvgIpc) is 2.71. The number of nitrogens with zero attached hydrogens (tertiary/aromatic N) is 2. The zero-order valence-electron chi connectivity index (χ0n) is 11.6. The molecule has 2 rings (SSSR count). The fourth-order valence-corrected chi connectivity index (χ4v) is 1.91. The van der Waals surface area contributed by atoms with Crippen LogP contribution in [0.5, 0.6) is 0 Å². The predicted molar refractivity (Wildman–Crippen MR) is 73.7 cm³/mol. The zero-order chi connectivity index (χ0) is 14.2. The van der Waals surface area contributed by atoms with E-state index in [0.29, 0.717) is 5.69 Å². The van der Waals surface area contributed by atoms with Crippen LogP contribution in [0, 0.1) is 13.8 Å². The van der Waals surface area contributed by atoms with Gasteiger partial charge < -0.3 is 5.11 Å². The third-order valence-corrected chi connectivity index (χ3v) is 3.31. The molecule has 1 N–H and O–H groups in total. The molecule has 0 radical (unpaired) electrons. The normalized spacial score (nSPS) is 11.6. The smallest absolute Gasteiger partial charge is 0.315 e. The van der Waals surface area contributed by atoms with Gasteiger partial charge in [0.25, 0.3) is 0 Å². The number of carbonyl (C=O) groups is 1. The first kappa shape index (κ1) is 13.3. The maximum absolute atomic E-state index is 11.3. The van der Waals surface area contributed by atoms with E-state index in [9.17, 15) is 9.90 Å². The van der Waals surface area contributed by atoms with E-state index in [-0.39, 0.29) is 0 Å². The van der Waals surface area contributed by atoms with Gasteiger partial charge in [0.15, 0.2) is 0 Å². The van der Waals surface area contributed by atoms with Crippen LogP contribution in [-0.2, 0) is 10.2 Å². The van der Waals surface area contributed by atoms with E-state index in [2.05, 4.69) is 5.10 Å². The lowest BCUT2D eigenvalue weighted by molar-refractivity contribution is -0.142. The molecule has 1 heterocycles. The molecule has 100 valence electrons. The van der Waals surface area contributed by atoms with Crippen LogP contribution in [0.15, 0.2) is 30.3 Å². The molecule has 0 bridgehead atoms. The van der Waals surface area contributed by atoms with Gasteiger partial charge in [-0.05, 0) is 51.5 Å². The summed E-state index contributed by atoms with van der Waals surface area (Å²) in [5, 5.41) is 13.7. The van der Waals surface area contributed by atoms with Crippen LogP contribution in [0.4, 0.5) is 0 Å². The number of aromatic nitrogens is 2. The third kappa shape index (κ3) is 2.38. The van der Waals surface area contributed by atoms with Crippen molar-refractivity contribution in [3.63, 3.8) is 0 Å². The molecule has 0 aliphatic heterocycles. The highest BCUT2D eigenvalue weighted by Crippen LogP contribution is 2.24. The van der Waals surface area contributed by atoms with Crippen molar-refractivity contribution in [2.45, 2.75) is 33.1 Å². The Labute approximate surface area is 112 Å². The Kier molecular flexibility index (Phi) is 3.18. The summed E-state index contributed by atoms with van der Waals surface area (Å²) < 4.78 is 1.78. The molecule has 4 nitrogen and oxygen atoms in total. The highest BCUT2D eigenvalue weighted by atomic mass is 16.4. The van der Waals surface area contributed by atoms with Gasteiger partial charge in [-0.2, -0.15) is 5.10 Å². The Bertz CT molecular complexity index is 627. The molecule has 19 heavy (non-hydrogen) atoms. The zero-order valence-corrected chi connectivity index (χ0v) is 11.6. The van der Waals surface area contributed by atoms with E-state index in [0.717, 1.165) is 16.9 Å². The molecule has 4 heteroatoms. The Hall–Kier alpha value is -2.10. The highest BCUT2D eigenvalue weighted by molar-refractivity contribution is 5.79. The first-order chi connectivity index (χ1) is 8.82. The average molecular weight is 258 g/mol. The lowest BCUT2D eigenvalue weighted by Crippen LogP contribution is -2.29. The predicted octanol–water partition coefficient (Wildman–Crippen LogP) is 2.85. The van der Waals surface area contributed by atoms with Crippen molar-refractivity contribution in [2.24, 2.45) is 0 Å². The molecule has 0 unspecified atom stereocenters. The van der Waals surface area contributed by atoms with Gasteiger partial charge in [-0.15, -0.1) is 0 Å². The number of rotatable bonds is 3. The van der Waals surface area contributed by atoms with Crippen molar-refractivity contribution >= 4 is 5.97 Å². The molecule has 1 aromatic heterocycles. The van der Waals surface area contributed by atoms with Gasteiger partial charge in [0, 0.05) is 5.69 Å². The van der Waals surface area contributed by atoms with Crippen molar-refractivity contribution in [3.8, 4) is 5.69 Å². The van der Waals surface area contributed by atoms with E-state index in [4.69, 9.17) is 0 Å². The molecule has 0 saturated heterocycles.